The molecule has 3 heterocycles. The van der Waals surface area contributed by atoms with E-state index in [9.17, 15) is 14.4 Å². The zero-order valence-electron chi connectivity index (χ0n) is 21.3. The van der Waals surface area contributed by atoms with E-state index in [2.05, 4.69) is 10.3 Å². The molecule has 200 valence electrons. The standard InChI is InChI=1S/C31H24ClN3O5/c32-23-7-3-6-21(17-9-11-24-27(12-17)39-16-28(36)34-24)29(23)18-8-10-22-26(13-18)40-31(38)35(30(22)37)25-15-33-14-19-4-1-2-5-20(19)25/h1-7,9,11-12,14-15,18,22,26H,8,10,13,16H2,(H,34,36). The summed E-state index contributed by atoms with van der Waals surface area (Å²) in [6.45, 7) is -0.0319. The average molecular weight is 554 g/mol. The van der Waals surface area contributed by atoms with Crippen molar-refractivity contribution < 1.29 is 23.9 Å². The highest BCUT2D eigenvalue weighted by Crippen LogP contribution is 2.47. The molecule has 1 N–H and O–H groups in total. The fourth-order valence-electron chi connectivity index (χ4n) is 6.18. The van der Waals surface area contributed by atoms with Crippen LogP contribution in [-0.2, 0) is 14.3 Å². The number of halogens is 1. The Morgan fingerprint density at radius 2 is 1.85 bits per heavy atom. The molecule has 1 saturated carbocycles. The molecule has 0 radical (unpaired) electrons. The topological polar surface area (TPSA) is 97.8 Å². The van der Waals surface area contributed by atoms with Crippen molar-refractivity contribution in [3.63, 3.8) is 0 Å². The largest absolute Gasteiger partial charge is 0.482 e. The summed E-state index contributed by atoms with van der Waals surface area (Å²) in [5, 5.41) is 5.04. The minimum Gasteiger partial charge on any atom is -0.482 e. The predicted molar refractivity (Wildman–Crippen MR) is 151 cm³/mol. The highest BCUT2D eigenvalue weighted by molar-refractivity contribution is 6.32. The number of fused-ring (bicyclic) bond motifs is 3. The number of carbonyl (C=O) groups is 3. The number of nitrogens with zero attached hydrogens (tertiary/aromatic N) is 2. The maximum Gasteiger partial charge on any atom is 0.421 e. The number of pyridine rings is 1. The van der Waals surface area contributed by atoms with E-state index in [1.54, 1.807) is 6.20 Å². The van der Waals surface area contributed by atoms with Gasteiger partial charge in [-0.3, -0.25) is 14.6 Å². The van der Waals surface area contributed by atoms with E-state index in [0.29, 0.717) is 41.4 Å². The summed E-state index contributed by atoms with van der Waals surface area (Å²) >= 11 is 6.79. The van der Waals surface area contributed by atoms with E-state index in [1.165, 1.54) is 6.20 Å². The van der Waals surface area contributed by atoms with Gasteiger partial charge < -0.3 is 14.8 Å². The maximum absolute atomic E-state index is 13.7. The number of aromatic nitrogens is 1. The number of hydrogen-bond donors (Lipinski definition) is 1. The van der Waals surface area contributed by atoms with Gasteiger partial charge in [-0.15, -0.1) is 0 Å². The number of carbonyl (C=O) groups excluding carboxylic acids is 3. The Kier molecular flexibility index (Phi) is 5.93. The zero-order valence-corrected chi connectivity index (χ0v) is 22.1. The summed E-state index contributed by atoms with van der Waals surface area (Å²) in [6.07, 6.45) is 3.76. The minimum atomic E-state index is -0.682. The number of rotatable bonds is 3. The van der Waals surface area contributed by atoms with Crippen molar-refractivity contribution in [2.24, 2.45) is 5.92 Å². The molecule has 1 saturated heterocycles. The lowest BCUT2D eigenvalue weighted by Gasteiger charge is -2.41. The van der Waals surface area contributed by atoms with Crippen LogP contribution in [0.15, 0.2) is 73.1 Å². The monoisotopic (exact) mass is 553 g/mol. The number of nitrogens with one attached hydrogen (secondary N) is 1. The molecule has 0 bridgehead atoms. The number of anilines is 2. The number of hydrogen-bond acceptors (Lipinski definition) is 6. The van der Waals surface area contributed by atoms with Gasteiger partial charge in [-0.2, -0.15) is 0 Å². The first-order chi connectivity index (χ1) is 19.5. The molecule has 9 heteroatoms. The Labute approximate surface area is 234 Å². The Morgan fingerprint density at radius 1 is 0.975 bits per heavy atom. The van der Waals surface area contributed by atoms with E-state index in [4.69, 9.17) is 21.1 Å². The van der Waals surface area contributed by atoms with Gasteiger partial charge in [0.1, 0.15) is 11.9 Å². The summed E-state index contributed by atoms with van der Waals surface area (Å²) in [5.74, 6) is -0.312. The first-order valence-electron chi connectivity index (χ1n) is 13.2. The summed E-state index contributed by atoms with van der Waals surface area (Å²) in [4.78, 5) is 44.0. The molecule has 1 aliphatic carbocycles. The van der Waals surface area contributed by atoms with Crippen molar-refractivity contribution in [1.82, 2.24) is 4.98 Å². The van der Waals surface area contributed by atoms with Gasteiger partial charge in [0.2, 0.25) is 5.91 Å². The van der Waals surface area contributed by atoms with Gasteiger partial charge in [0.05, 0.1) is 23.5 Å². The van der Waals surface area contributed by atoms with E-state index in [1.807, 2.05) is 60.7 Å². The van der Waals surface area contributed by atoms with Crippen molar-refractivity contribution in [3.8, 4) is 16.9 Å². The molecular weight excluding hydrogens is 530 g/mol. The van der Waals surface area contributed by atoms with Crippen molar-refractivity contribution in [2.75, 3.05) is 16.8 Å². The van der Waals surface area contributed by atoms with Crippen LogP contribution in [-0.4, -0.2) is 35.6 Å². The van der Waals surface area contributed by atoms with Gasteiger partial charge in [0.25, 0.3) is 5.91 Å². The molecule has 40 heavy (non-hydrogen) atoms. The molecule has 3 unspecified atom stereocenters. The van der Waals surface area contributed by atoms with E-state index < -0.39 is 18.1 Å². The van der Waals surface area contributed by atoms with Crippen LogP contribution in [0.1, 0.15) is 30.7 Å². The lowest BCUT2D eigenvalue weighted by molar-refractivity contribution is -0.131. The van der Waals surface area contributed by atoms with E-state index in [-0.39, 0.29) is 24.3 Å². The Balaban J connectivity index is 1.18. The van der Waals surface area contributed by atoms with Crippen LogP contribution in [0.25, 0.3) is 21.9 Å². The molecule has 3 amide bonds. The molecule has 2 aliphatic heterocycles. The summed E-state index contributed by atoms with van der Waals surface area (Å²) in [6, 6.07) is 18.9. The second kappa shape index (κ2) is 9.64. The van der Waals surface area contributed by atoms with Crippen LogP contribution in [0.5, 0.6) is 5.75 Å². The SMILES string of the molecule is O=C1COc2cc(-c3cccc(Cl)c3C3CCC4C(=O)N(c5cncc6ccccc56)C(=O)OC4C3)ccc2N1. The number of benzene rings is 3. The van der Waals surface area contributed by atoms with Gasteiger partial charge in [-0.25, -0.2) is 9.69 Å². The average Bonchev–Trinajstić information content (AvgIpc) is 2.96. The zero-order chi connectivity index (χ0) is 27.4. The van der Waals surface area contributed by atoms with Crippen LogP contribution >= 0.6 is 11.6 Å². The van der Waals surface area contributed by atoms with E-state index in [0.717, 1.165) is 32.4 Å². The molecule has 3 aromatic carbocycles. The smallest absolute Gasteiger partial charge is 0.421 e. The fraction of sp³-hybridized carbons (Fsp3) is 0.226. The van der Waals surface area contributed by atoms with Crippen molar-refractivity contribution >= 4 is 51.7 Å². The summed E-state index contributed by atoms with van der Waals surface area (Å²) < 4.78 is 11.6. The molecule has 0 spiro atoms. The third-order valence-electron chi connectivity index (χ3n) is 8.04. The lowest BCUT2D eigenvalue weighted by atomic mass is 9.74. The molecule has 4 aromatic rings. The molecule has 3 atom stereocenters. The number of imide groups is 1. The van der Waals surface area contributed by atoms with Crippen molar-refractivity contribution in [1.29, 1.82) is 0 Å². The Morgan fingerprint density at radius 3 is 2.75 bits per heavy atom. The van der Waals surface area contributed by atoms with Crippen LogP contribution in [0, 0.1) is 5.92 Å². The molecule has 3 aliphatic rings. The van der Waals surface area contributed by atoms with Crippen molar-refractivity contribution in [2.45, 2.75) is 31.3 Å². The van der Waals surface area contributed by atoms with Gasteiger partial charge in [-0.1, -0.05) is 54.1 Å². The predicted octanol–water partition coefficient (Wildman–Crippen LogP) is 6.32. The van der Waals surface area contributed by atoms with E-state index >= 15 is 0 Å². The molecule has 1 aromatic heterocycles. The van der Waals surface area contributed by atoms with Gasteiger partial charge in [0, 0.05) is 22.0 Å². The maximum atomic E-state index is 13.7. The Bertz CT molecular complexity index is 1700. The highest BCUT2D eigenvalue weighted by atomic mass is 35.5. The number of amides is 3. The molecule has 7 rings (SSSR count). The minimum absolute atomic E-state index is 0.0204. The molecule has 8 nitrogen and oxygen atoms in total. The first kappa shape index (κ1) is 24.6. The number of ether oxygens (including phenoxy) is 2. The summed E-state index contributed by atoms with van der Waals surface area (Å²) in [5.41, 5.74) is 3.86. The lowest BCUT2D eigenvalue weighted by Crippen LogP contribution is -2.54. The second-order valence-electron chi connectivity index (χ2n) is 10.3. The highest BCUT2D eigenvalue weighted by Gasteiger charge is 2.47. The molecule has 2 fully saturated rings. The fourth-order valence-corrected chi connectivity index (χ4v) is 6.51. The third-order valence-corrected chi connectivity index (χ3v) is 8.37. The van der Waals surface area contributed by atoms with Gasteiger partial charge in [-0.05, 0) is 60.1 Å². The van der Waals surface area contributed by atoms with Crippen LogP contribution in [0.3, 0.4) is 0 Å². The van der Waals surface area contributed by atoms with Gasteiger partial charge in [0.15, 0.2) is 6.61 Å². The van der Waals surface area contributed by atoms with Crippen LogP contribution < -0.4 is 15.0 Å². The summed E-state index contributed by atoms with van der Waals surface area (Å²) in [7, 11) is 0. The third kappa shape index (κ3) is 4.07. The normalized spacial score (nSPS) is 22.2. The van der Waals surface area contributed by atoms with Crippen LogP contribution in [0.4, 0.5) is 16.2 Å². The van der Waals surface area contributed by atoms with Crippen molar-refractivity contribution in [3.05, 3.63) is 83.6 Å². The Hall–Kier alpha value is -4.43. The second-order valence-corrected chi connectivity index (χ2v) is 10.7. The van der Waals surface area contributed by atoms with Gasteiger partial charge >= 0.3 is 6.09 Å². The molecular formula is C31H24ClN3O5. The first-order valence-corrected chi connectivity index (χ1v) is 13.6. The van der Waals surface area contributed by atoms with Crippen LogP contribution in [0.2, 0.25) is 5.02 Å². The quantitative estimate of drug-likeness (QED) is 0.319.